The van der Waals surface area contributed by atoms with Crippen molar-refractivity contribution in [2.24, 2.45) is 0 Å². The predicted octanol–water partition coefficient (Wildman–Crippen LogP) is 2.90. The Morgan fingerprint density at radius 3 is 2.95 bits per heavy atom. The molecule has 2 N–H and O–H groups in total. The normalized spacial score (nSPS) is 28.8. The summed E-state index contributed by atoms with van der Waals surface area (Å²) in [6.45, 7) is 2.29. The van der Waals surface area contributed by atoms with E-state index >= 15 is 0 Å². The number of fused-ring (bicyclic) bond motifs is 1. The van der Waals surface area contributed by atoms with E-state index in [1.54, 1.807) is 0 Å². The molecule has 2 saturated heterocycles. The van der Waals surface area contributed by atoms with Crippen molar-refractivity contribution in [3.8, 4) is 5.75 Å². The Morgan fingerprint density at radius 1 is 1.34 bits per heavy atom. The van der Waals surface area contributed by atoms with Gasteiger partial charge in [-0.3, -0.25) is 28.2 Å². The van der Waals surface area contributed by atoms with Crippen LogP contribution in [0.5, 0.6) is 5.75 Å². The van der Waals surface area contributed by atoms with E-state index in [0.717, 1.165) is 17.5 Å². The van der Waals surface area contributed by atoms with Gasteiger partial charge < -0.3 is 19.3 Å². The summed E-state index contributed by atoms with van der Waals surface area (Å²) >= 11 is 3.12. The minimum atomic E-state index is -3.99. The number of H-pyrrole nitrogens is 1. The van der Waals surface area contributed by atoms with Crippen LogP contribution < -0.4 is 21.1 Å². The molecule has 2 aromatic rings. The molecule has 12 nitrogen and oxygen atoms in total. The number of aromatic amines is 1. The number of esters is 1. The molecule has 1 aromatic carbocycles. The largest absolute Gasteiger partial charge is 0.530 e. The smallest absolute Gasteiger partial charge is 0.458 e. The molecule has 0 aliphatic carbocycles. The van der Waals surface area contributed by atoms with E-state index in [9.17, 15) is 18.9 Å². The minimum absolute atomic E-state index is 0.0465. The van der Waals surface area contributed by atoms with Gasteiger partial charge >= 0.3 is 19.5 Å². The Kier molecular flexibility index (Phi) is 8.03. The Bertz CT molecular complexity index is 1400. The third-order valence-electron chi connectivity index (χ3n) is 6.61. The lowest BCUT2D eigenvalue weighted by Gasteiger charge is -2.27. The molecule has 0 spiro atoms. The molecule has 14 heteroatoms. The first kappa shape index (κ1) is 27.0. The molecule has 2 fully saturated rings. The maximum absolute atomic E-state index is 13.3. The van der Waals surface area contributed by atoms with Gasteiger partial charge in [-0.15, -0.1) is 0 Å². The number of nitrogens with one attached hydrogen (secondary N) is 2. The van der Waals surface area contributed by atoms with Gasteiger partial charge in [0.25, 0.3) is 5.56 Å². The van der Waals surface area contributed by atoms with E-state index in [4.69, 9.17) is 23.0 Å². The van der Waals surface area contributed by atoms with Gasteiger partial charge in [0.15, 0.2) is 0 Å². The molecule has 1 unspecified atom stereocenters. The molecule has 0 radical (unpaired) electrons. The van der Waals surface area contributed by atoms with Gasteiger partial charge in [-0.1, -0.05) is 34.1 Å². The van der Waals surface area contributed by atoms with Crippen LogP contribution in [-0.4, -0.2) is 46.9 Å². The van der Waals surface area contributed by atoms with E-state index in [-0.39, 0.29) is 25.2 Å². The third-order valence-corrected chi connectivity index (χ3v) is 8.19. The highest BCUT2D eigenvalue weighted by Crippen LogP contribution is 2.55. The van der Waals surface area contributed by atoms with Crippen molar-refractivity contribution in [3.63, 3.8) is 0 Å². The summed E-state index contributed by atoms with van der Waals surface area (Å²) in [7, 11) is -3.99. The van der Waals surface area contributed by atoms with E-state index in [1.807, 2.05) is 25.1 Å². The van der Waals surface area contributed by atoms with Crippen LogP contribution in [-0.2, 0) is 34.5 Å². The van der Waals surface area contributed by atoms with Crippen molar-refractivity contribution in [3.05, 3.63) is 66.9 Å². The highest BCUT2D eigenvalue weighted by Gasteiger charge is 2.44. The predicted molar refractivity (Wildman–Crippen MR) is 139 cm³/mol. The number of hydrogen-bond donors (Lipinski definition) is 2. The number of para-hydroxylation sites is 1. The topological polar surface area (TPSA) is 147 Å². The molecule has 1 aromatic heterocycles. The molecule has 5 rings (SSSR count). The fraction of sp³-hybridized carbons (Fsp3) is 0.458. The Balaban J connectivity index is 1.35. The first-order valence-corrected chi connectivity index (χ1v) is 14.5. The monoisotopic (exact) mass is 611 g/mol. The van der Waals surface area contributed by atoms with Crippen molar-refractivity contribution in [1.29, 1.82) is 0 Å². The lowest BCUT2D eigenvalue weighted by Crippen LogP contribution is -2.38. The number of carbonyl (C=O) groups excluding carboxylic acids is 1. The number of rotatable bonds is 7. The average molecular weight is 612 g/mol. The number of carbonyl (C=O) groups is 1. The number of aromatic nitrogens is 2. The SMILES string of the molecule is Cc1cccc2c1OP(=O)(OC[C@H]1O[C@@H](n3cc(/C=C/Br)c(=O)[nH]c3=O)C[C@@H]1OC(=O)[C@H]1CCCN1)OC2. The second kappa shape index (κ2) is 11.3. The fourth-order valence-corrected chi connectivity index (χ4v) is 6.21. The molecule has 4 heterocycles. The van der Waals surface area contributed by atoms with E-state index in [1.165, 1.54) is 21.8 Å². The van der Waals surface area contributed by atoms with Crippen LogP contribution in [0.2, 0.25) is 0 Å². The minimum Gasteiger partial charge on any atom is -0.458 e. The number of phosphoric acid groups is 1. The molecule has 38 heavy (non-hydrogen) atoms. The maximum Gasteiger partial charge on any atom is 0.530 e. The van der Waals surface area contributed by atoms with Gasteiger partial charge in [0.2, 0.25) is 0 Å². The highest BCUT2D eigenvalue weighted by atomic mass is 79.9. The van der Waals surface area contributed by atoms with E-state index < -0.39 is 49.5 Å². The lowest BCUT2D eigenvalue weighted by molar-refractivity contribution is -0.155. The van der Waals surface area contributed by atoms with E-state index in [0.29, 0.717) is 18.7 Å². The highest BCUT2D eigenvalue weighted by molar-refractivity contribution is 9.11. The number of ether oxygens (including phenoxy) is 2. The molecule has 0 saturated carbocycles. The summed E-state index contributed by atoms with van der Waals surface area (Å²) in [6.07, 6.45) is 1.84. The quantitative estimate of drug-likeness (QED) is 0.354. The molecule has 3 aliphatic rings. The van der Waals surface area contributed by atoms with Gasteiger partial charge in [-0.25, -0.2) is 9.36 Å². The number of benzene rings is 1. The standard InChI is InChI=1S/C24H27BrN3O9P/c1-14-4-2-5-16-12-33-38(32,37-21(14)16)34-13-19-18(36-23(30)17-6-3-9-26-17)10-20(35-19)28-11-15(7-8-25)22(29)27-24(28)31/h2,4-5,7-8,11,17-20,26H,3,6,9-10,12-13H2,1H3,(H,27,29,31)/b8-7+/t17-,18+,19-,20-,38?/m1/s1. The molecular formula is C24H27BrN3O9P. The molecule has 204 valence electrons. The van der Waals surface area contributed by atoms with Gasteiger partial charge in [0.1, 0.15) is 30.2 Å². The van der Waals surface area contributed by atoms with Crippen LogP contribution in [0.3, 0.4) is 0 Å². The summed E-state index contributed by atoms with van der Waals surface area (Å²) in [4.78, 5) is 41.2. The molecule has 5 atom stereocenters. The van der Waals surface area contributed by atoms with Crippen LogP contribution in [0.25, 0.3) is 6.08 Å². The number of hydrogen-bond acceptors (Lipinski definition) is 10. The average Bonchev–Trinajstić information content (AvgIpc) is 3.56. The zero-order valence-electron chi connectivity index (χ0n) is 20.5. The molecule has 0 bridgehead atoms. The van der Waals surface area contributed by atoms with Crippen molar-refractivity contribution in [1.82, 2.24) is 14.9 Å². The Hall–Kier alpha value is -2.54. The van der Waals surface area contributed by atoms with Gasteiger partial charge in [0.05, 0.1) is 18.8 Å². The van der Waals surface area contributed by atoms with Crippen LogP contribution in [0.1, 0.15) is 42.2 Å². The van der Waals surface area contributed by atoms with E-state index in [2.05, 4.69) is 26.2 Å². The summed E-state index contributed by atoms with van der Waals surface area (Å²) in [5.74, 6) is -0.00502. The van der Waals surface area contributed by atoms with Crippen LogP contribution >= 0.6 is 23.8 Å². The molecular weight excluding hydrogens is 585 g/mol. The van der Waals surface area contributed by atoms with Gasteiger partial charge in [-0.05, 0) is 42.9 Å². The lowest BCUT2D eigenvalue weighted by atomic mass is 10.1. The van der Waals surface area contributed by atoms with Crippen molar-refractivity contribution >= 4 is 35.8 Å². The number of halogens is 1. The number of phosphoric ester groups is 1. The Morgan fingerprint density at radius 2 is 2.18 bits per heavy atom. The molecule has 0 amide bonds. The van der Waals surface area contributed by atoms with Crippen LogP contribution in [0.4, 0.5) is 0 Å². The van der Waals surface area contributed by atoms with Gasteiger partial charge in [0, 0.05) is 18.2 Å². The maximum atomic E-state index is 13.3. The summed E-state index contributed by atoms with van der Waals surface area (Å²) in [6, 6.07) is 5.04. The first-order valence-electron chi connectivity index (χ1n) is 12.1. The summed E-state index contributed by atoms with van der Waals surface area (Å²) in [5, 5.41) is 3.09. The van der Waals surface area contributed by atoms with Crippen LogP contribution in [0, 0.1) is 6.92 Å². The van der Waals surface area contributed by atoms with Crippen molar-refractivity contribution in [2.45, 2.75) is 57.3 Å². The second-order valence-corrected chi connectivity index (χ2v) is 11.3. The van der Waals surface area contributed by atoms with Gasteiger partial charge in [-0.2, -0.15) is 0 Å². The zero-order valence-corrected chi connectivity index (χ0v) is 22.9. The second-order valence-electron chi connectivity index (χ2n) is 9.20. The zero-order chi connectivity index (χ0) is 26.9. The van der Waals surface area contributed by atoms with Crippen molar-refractivity contribution in [2.75, 3.05) is 13.2 Å². The summed E-state index contributed by atoms with van der Waals surface area (Å²) in [5.41, 5.74) is 0.508. The van der Waals surface area contributed by atoms with Crippen LogP contribution in [0.15, 0.2) is 39.0 Å². The first-order chi connectivity index (χ1) is 18.3. The Labute approximate surface area is 226 Å². The number of aryl methyl sites for hydroxylation is 1. The van der Waals surface area contributed by atoms with Crippen molar-refractivity contribution < 1.29 is 32.4 Å². The number of nitrogens with zero attached hydrogens (tertiary/aromatic N) is 1. The summed E-state index contributed by atoms with van der Waals surface area (Å²) < 4.78 is 43.0. The molecule has 3 aliphatic heterocycles. The fourth-order valence-electron chi connectivity index (χ4n) is 4.64. The third kappa shape index (κ3) is 5.73.